The first kappa shape index (κ1) is 24.8. The van der Waals surface area contributed by atoms with Gasteiger partial charge in [0.2, 0.25) is 5.76 Å². The zero-order chi connectivity index (χ0) is 26.1. The van der Waals surface area contributed by atoms with Gasteiger partial charge in [0.15, 0.2) is 16.9 Å². The molecule has 37 heavy (non-hydrogen) atoms. The topological polar surface area (TPSA) is 72.2 Å². The summed E-state index contributed by atoms with van der Waals surface area (Å²) >= 11 is 0. The van der Waals surface area contributed by atoms with Gasteiger partial charge in [0.05, 0.1) is 30.7 Å². The summed E-state index contributed by atoms with van der Waals surface area (Å²) in [6.45, 7) is 9.51. The average Bonchev–Trinajstić information content (AvgIpc) is 3.21. The molecule has 0 spiro atoms. The number of amides is 1. The molecule has 1 aliphatic rings. The predicted octanol–water partition coefficient (Wildman–Crippen LogP) is 5.24. The number of hydrogen-bond donors (Lipinski definition) is 0. The van der Waals surface area contributed by atoms with Gasteiger partial charge in [-0.25, -0.2) is 0 Å². The van der Waals surface area contributed by atoms with Crippen LogP contribution in [0.25, 0.3) is 21.7 Å². The Morgan fingerprint density at radius 3 is 2.46 bits per heavy atom. The van der Waals surface area contributed by atoms with Crippen LogP contribution >= 0.6 is 0 Å². The largest absolute Gasteiger partial charge is 0.493 e. The van der Waals surface area contributed by atoms with Gasteiger partial charge in [-0.05, 0) is 49.2 Å². The lowest BCUT2D eigenvalue weighted by atomic mass is 9.97. The standard InChI is InChI=1S/C30H32N2O5/c1-5-31(6-2)16-17-32-26(20-13-15-23(36-7-3)24(18-20)35-4)25-27(33)22-14-12-19-10-8-9-11-21(19)28(22)37-29(25)30(32)34/h8-15,18,26H,5-7,16-17H2,1-4H3. The summed E-state index contributed by atoms with van der Waals surface area (Å²) in [5, 5.41) is 2.24. The molecule has 3 aromatic carbocycles. The summed E-state index contributed by atoms with van der Waals surface area (Å²) in [6.07, 6.45) is 0. The fraction of sp³-hybridized carbons (Fsp3) is 0.333. The molecule has 7 nitrogen and oxygen atoms in total. The molecule has 5 rings (SSSR count). The van der Waals surface area contributed by atoms with Crippen LogP contribution < -0.4 is 14.9 Å². The highest BCUT2D eigenvalue weighted by molar-refractivity contribution is 6.06. The summed E-state index contributed by atoms with van der Waals surface area (Å²) in [4.78, 5) is 31.9. The van der Waals surface area contributed by atoms with Crippen LogP contribution in [0.15, 0.2) is 63.8 Å². The minimum absolute atomic E-state index is 0.117. The molecule has 0 N–H and O–H groups in total. The highest BCUT2D eigenvalue weighted by Gasteiger charge is 2.43. The minimum Gasteiger partial charge on any atom is -0.493 e. The molecular weight excluding hydrogens is 468 g/mol. The molecule has 0 saturated heterocycles. The van der Waals surface area contributed by atoms with Crippen LogP contribution in [0.2, 0.25) is 0 Å². The number of carbonyl (C=O) groups is 1. The van der Waals surface area contributed by atoms with E-state index in [9.17, 15) is 9.59 Å². The van der Waals surface area contributed by atoms with Crippen LogP contribution in [0.3, 0.4) is 0 Å². The molecule has 7 heteroatoms. The second kappa shape index (κ2) is 10.3. The molecule has 0 fully saturated rings. The lowest BCUT2D eigenvalue weighted by Gasteiger charge is -2.28. The van der Waals surface area contributed by atoms with E-state index in [1.807, 2.05) is 55.5 Å². The number of rotatable bonds is 9. The normalized spacial score (nSPS) is 15.1. The number of hydrogen-bond acceptors (Lipinski definition) is 6. The quantitative estimate of drug-likeness (QED) is 0.293. The molecule has 0 aliphatic carbocycles. The Kier molecular flexibility index (Phi) is 6.89. The number of ether oxygens (including phenoxy) is 2. The van der Waals surface area contributed by atoms with Crippen LogP contribution in [0.4, 0.5) is 0 Å². The third-order valence-electron chi connectivity index (χ3n) is 7.21. The van der Waals surface area contributed by atoms with Crippen LogP contribution in [0, 0.1) is 0 Å². The van der Waals surface area contributed by atoms with Gasteiger partial charge in [0.1, 0.15) is 5.58 Å². The Bertz CT molecular complexity index is 1520. The van der Waals surface area contributed by atoms with Gasteiger partial charge in [-0.15, -0.1) is 0 Å². The molecule has 1 aliphatic heterocycles. The van der Waals surface area contributed by atoms with Crippen molar-refractivity contribution >= 4 is 27.6 Å². The van der Waals surface area contributed by atoms with Crippen LogP contribution in [-0.4, -0.2) is 55.6 Å². The Hall–Kier alpha value is -3.84. The van der Waals surface area contributed by atoms with E-state index < -0.39 is 6.04 Å². The fourth-order valence-corrected chi connectivity index (χ4v) is 5.24. The second-order valence-corrected chi connectivity index (χ2v) is 9.11. The van der Waals surface area contributed by atoms with E-state index in [1.54, 1.807) is 18.1 Å². The van der Waals surface area contributed by atoms with Crippen LogP contribution in [0.5, 0.6) is 11.5 Å². The minimum atomic E-state index is -0.588. The van der Waals surface area contributed by atoms with Crippen molar-refractivity contribution in [2.75, 3.05) is 39.9 Å². The van der Waals surface area contributed by atoms with E-state index in [0.29, 0.717) is 47.7 Å². The molecule has 192 valence electrons. The SMILES string of the molecule is CCOc1ccc(C2c3c(oc4c(ccc5ccccc54)c3=O)C(=O)N2CCN(CC)CC)cc1OC. The van der Waals surface area contributed by atoms with Crippen molar-refractivity contribution in [2.24, 2.45) is 0 Å². The predicted molar refractivity (Wildman–Crippen MR) is 145 cm³/mol. The average molecular weight is 501 g/mol. The summed E-state index contributed by atoms with van der Waals surface area (Å²) in [7, 11) is 1.58. The second-order valence-electron chi connectivity index (χ2n) is 9.11. The zero-order valence-electron chi connectivity index (χ0n) is 21.7. The van der Waals surface area contributed by atoms with Crippen molar-refractivity contribution < 1.29 is 18.7 Å². The maximum Gasteiger partial charge on any atom is 0.290 e. The first-order valence-electron chi connectivity index (χ1n) is 12.8. The van der Waals surface area contributed by atoms with Crippen molar-refractivity contribution in [3.8, 4) is 11.5 Å². The molecule has 2 heterocycles. The summed E-state index contributed by atoms with van der Waals surface area (Å²) in [5.41, 5.74) is 1.42. The first-order valence-corrected chi connectivity index (χ1v) is 12.8. The smallest absolute Gasteiger partial charge is 0.290 e. The summed E-state index contributed by atoms with van der Waals surface area (Å²) < 4.78 is 17.6. The molecular formula is C30H32N2O5. The van der Waals surface area contributed by atoms with Crippen molar-refractivity contribution in [1.82, 2.24) is 9.80 Å². The molecule has 0 radical (unpaired) electrons. The number of benzene rings is 3. The van der Waals surface area contributed by atoms with E-state index >= 15 is 0 Å². The Morgan fingerprint density at radius 1 is 0.946 bits per heavy atom. The van der Waals surface area contributed by atoms with E-state index in [-0.39, 0.29) is 17.1 Å². The molecule has 1 amide bonds. The first-order chi connectivity index (χ1) is 18.0. The van der Waals surface area contributed by atoms with Crippen molar-refractivity contribution in [3.05, 3.63) is 81.7 Å². The Balaban J connectivity index is 1.71. The van der Waals surface area contributed by atoms with Gasteiger partial charge in [-0.2, -0.15) is 0 Å². The highest BCUT2D eigenvalue weighted by atomic mass is 16.5. The molecule has 0 bridgehead atoms. The van der Waals surface area contributed by atoms with Gasteiger partial charge in [-0.1, -0.05) is 50.2 Å². The summed E-state index contributed by atoms with van der Waals surface area (Å²) in [5.74, 6) is 1.02. The number of nitrogens with zero attached hydrogens (tertiary/aromatic N) is 2. The lowest BCUT2D eigenvalue weighted by Crippen LogP contribution is -2.37. The zero-order valence-corrected chi connectivity index (χ0v) is 21.7. The Morgan fingerprint density at radius 2 is 1.73 bits per heavy atom. The van der Waals surface area contributed by atoms with Gasteiger partial charge in [0, 0.05) is 18.5 Å². The van der Waals surface area contributed by atoms with Crippen molar-refractivity contribution in [3.63, 3.8) is 0 Å². The third kappa shape index (κ3) is 4.23. The number of methoxy groups -OCH3 is 1. The van der Waals surface area contributed by atoms with E-state index in [4.69, 9.17) is 13.9 Å². The number of likely N-dealkylation sites (N-methyl/N-ethyl adjacent to an activating group) is 1. The highest BCUT2D eigenvalue weighted by Crippen LogP contribution is 2.41. The summed E-state index contributed by atoms with van der Waals surface area (Å²) in [6, 6.07) is 16.4. The maximum atomic E-state index is 14.0. The lowest BCUT2D eigenvalue weighted by molar-refractivity contribution is 0.0708. The molecule has 1 unspecified atom stereocenters. The van der Waals surface area contributed by atoms with Gasteiger partial charge in [-0.3, -0.25) is 9.59 Å². The molecule has 1 aromatic heterocycles. The molecule has 1 atom stereocenters. The van der Waals surface area contributed by atoms with Crippen LogP contribution in [0.1, 0.15) is 48.5 Å². The fourth-order valence-electron chi connectivity index (χ4n) is 5.24. The van der Waals surface area contributed by atoms with Crippen LogP contribution in [-0.2, 0) is 0 Å². The van der Waals surface area contributed by atoms with Crippen molar-refractivity contribution in [2.45, 2.75) is 26.8 Å². The van der Waals surface area contributed by atoms with E-state index in [2.05, 4.69) is 18.7 Å². The van der Waals surface area contributed by atoms with Crippen molar-refractivity contribution in [1.29, 1.82) is 0 Å². The molecule has 0 saturated carbocycles. The number of carbonyl (C=O) groups excluding carboxylic acids is 1. The monoisotopic (exact) mass is 500 g/mol. The molecule has 4 aromatic rings. The van der Waals surface area contributed by atoms with Gasteiger partial charge < -0.3 is 23.7 Å². The van der Waals surface area contributed by atoms with E-state index in [1.165, 1.54) is 0 Å². The Labute approximate surface area is 216 Å². The van der Waals surface area contributed by atoms with Gasteiger partial charge >= 0.3 is 0 Å². The van der Waals surface area contributed by atoms with Gasteiger partial charge in [0.25, 0.3) is 5.91 Å². The number of fused-ring (bicyclic) bond motifs is 4. The van der Waals surface area contributed by atoms with E-state index in [0.717, 1.165) is 29.4 Å². The third-order valence-corrected chi connectivity index (χ3v) is 7.21. The maximum absolute atomic E-state index is 14.0.